The fraction of sp³-hybridized carbons (Fsp3) is 0.111. The number of nitro groups is 1. The van der Waals surface area contributed by atoms with Crippen LogP contribution in [0.1, 0.15) is 12.5 Å². The van der Waals surface area contributed by atoms with Crippen molar-refractivity contribution in [1.29, 1.82) is 0 Å². The molecule has 0 aliphatic carbocycles. The molecule has 1 amide bonds. The van der Waals surface area contributed by atoms with Crippen molar-refractivity contribution in [3.05, 3.63) is 60.6 Å². The van der Waals surface area contributed by atoms with Gasteiger partial charge in [0, 0.05) is 6.07 Å². The average Bonchev–Trinajstić information content (AvgIpc) is 2.98. The van der Waals surface area contributed by atoms with E-state index in [4.69, 9.17) is 4.74 Å². The van der Waals surface area contributed by atoms with E-state index >= 15 is 0 Å². The number of hydrogen-bond acceptors (Lipinski definition) is 7. The largest absolute Gasteiger partial charge is 0.501 e. The first kappa shape index (κ1) is 20.1. The third kappa shape index (κ3) is 4.62. The van der Waals surface area contributed by atoms with Crippen molar-refractivity contribution in [2.45, 2.75) is 6.92 Å². The zero-order valence-corrected chi connectivity index (χ0v) is 17.5. The Bertz CT molecular complexity index is 1010. The smallest absolute Gasteiger partial charge is 0.312 e. The fourth-order valence-electron chi connectivity index (χ4n) is 2.36. The minimum absolute atomic E-state index is 0.324. The lowest BCUT2D eigenvalue weighted by atomic mass is 10.1. The third-order valence-corrected chi connectivity index (χ3v) is 5.32. The number of benzene rings is 2. The van der Waals surface area contributed by atoms with E-state index in [9.17, 15) is 20.0 Å². The van der Waals surface area contributed by atoms with Crippen LogP contribution >= 0.6 is 34.4 Å². The van der Waals surface area contributed by atoms with Gasteiger partial charge in [-0.15, -0.1) is 0 Å². The van der Waals surface area contributed by atoms with Crippen LogP contribution in [0.2, 0.25) is 0 Å². The predicted octanol–water partition coefficient (Wildman–Crippen LogP) is 4.20. The molecule has 10 heteroatoms. The Morgan fingerprint density at radius 3 is 2.71 bits per heavy atom. The number of phenols is 1. The number of halogens is 1. The Morgan fingerprint density at radius 2 is 2.07 bits per heavy atom. The molecule has 1 aliphatic rings. The molecule has 1 saturated heterocycles. The van der Waals surface area contributed by atoms with E-state index in [1.54, 1.807) is 52.9 Å². The van der Waals surface area contributed by atoms with Gasteiger partial charge in [-0.25, -0.2) is 4.99 Å². The maximum Gasteiger partial charge on any atom is 0.312 e. The Morgan fingerprint density at radius 1 is 1.36 bits per heavy atom. The first-order valence-corrected chi connectivity index (χ1v) is 9.96. The lowest BCUT2D eigenvalue weighted by Gasteiger charge is -2.02. The van der Waals surface area contributed by atoms with Gasteiger partial charge in [0.2, 0.25) is 5.75 Å². The molecule has 3 rings (SSSR count). The van der Waals surface area contributed by atoms with E-state index in [-0.39, 0.29) is 5.91 Å². The summed E-state index contributed by atoms with van der Waals surface area (Å²) in [5, 5.41) is 23.9. The topological polar surface area (TPSA) is 114 Å². The summed E-state index contributed by atoms with van der Waals surface area (Å²) in [7, 11) is 0. The van der Waals surface area contributed by atoms with Gasteiger partial charge in [0.1, 0.15) is 5.75 Å². The van der Waals surface area contributed by atoms with Gasteiger partial charge in [-0.1, -0.05) is 0 Å². The second kappa shape index (κ2) is 8.61. The number of ether oxygens (including phenoxy) is 1. The molecule has 0 bridgehead atoms. The standard InChI is InChI=1S/C18H14IN3O5S/c1-2-27-12-5-3-11(4-6-12)20-18-21-17(24)15(28-18)9-10-7-13(19)16(23)14(8-10)22(25)26/h3-9,23H,2H2,1H3,(H,20,21,24)/b15-9-. The SMILES string of the molecule is CCOc1ccc(N=C2NC(=O)/C(=C/c3cc(I)c(O)c([N+](=O)[O-])c3)S2)cc1. The van der Waals surface area contributed by atoms with Crippen molar-refractivity contribution in [2.24, 2.45) is 4.99 Å². The Hall–Kier alpha value is -2.60. The van der Waals surface area contributed by atoms with Gasteiger partial charge >= 0.3 is 5.69 Å². The van der Waals surface area contributed by atoms with Crippen LogP contribution in [0.15, 0.2) is 46.3 Å². The molecular formula is C18H14IN3O5S. The molecule has 0 atom stereocenters. The molecule has 8 nitrogen and oxygen atoms in total. The molecule has 0 unspecified atom stereocenters. The van der Waals surface area contributed by atoms with Gasteiger partial charge < -0.3 is 15.2 Å². The van der Waals surface area contributed by atoms with Gasteiger partial charge in [-0.05, 0) is 83.2 Å². The number of nitrogens with zero attached hydrogens (tertiary/aromatic N) is 2. The number of rotatable bonds is 5. The number of nitro benzene ring substituents is 1. The van der Waals surface area contributed by atoms with Crippen molar-refractivity contribution < 1.29 is 19.6 Å². The monoisotopic (exact) mass is 511 g/mol. The fourth-order valence-corrected chi connectivity index (χ4v) is 3.84. The van der Waals surface area contributed by atoms with Gasteiger partial charge in [-0.2, -0.15) is 0 Å². The summed E-state index contributed by atoms with van der Waals surface area (Å²) in [6.45, 7) is 2.47. The number of carbonyl (C=O) groups excluding carboxylic acids is 1. The van der Waals surface area contributed by atoms with Crippen molar-refractivity contribution in [2.75, 3.05) is 6.61 Å². The Balaban J connectivity index is 1.83. The number of phenolic OH excluding ortho intramolecular Hbond substituents is 1. The maximum absolute atomic E-state index is 12.2. The lowest BCUT2D eigenvalue weighted by molar-refractivity contribution is -0.386. The van der Waals surface area contributed by atoms with E-state index in [1.807, 2.05) is 6.92 Å². The lowest BCUT2D eigenvalue weighted by Crippen LogP contribution is -2.19. The normalized spacial score (nSPS) is 16.4. The van der Waals surface area contributed by atoms with E-state index < -0.39 is 16.4 Å². The number of amidine groups is 1. The molecule has 0 saturated carbocycles. The van der Waals surface area contributed by atoms with Crippen LogP contribution in [-0.4, -0.2) is 27.7 Å². The van der Waals surface area contributed by atoms with Gasteiger partial charge in [-0.3, -0.25) is 14.9 Å². The molecule has 1 aliphatic heterocycles. The quantitative estimate of drug-likeness (QED) is 0.269. The number of aromatic hydroxyl groups is 1. The molecule has 0 spiro atoms. The number of carbonyl (C=O) groups is 1. The van der Waals surface area contributed by atoms with E-state index in [0.717, 1.165) is 17.5 Å². The van der Waals surface area contributed by atoms with Crippen molar-refractivity contribution >= 4 is 62.9 Å². The Kier molecular flexibility index (Phi) is 6.19. The zero-order valence-electron chi connectivity index (χ0n) is 14.5. The highest BCUT2D eigenvalue weighted by Crippen LogP contribution is 2.35. The highest BCUT2D eigenvalue weighted by Gasteiger charge is 2.25. The molecule has 1 heterocycles. The number of hydrogen-bond donors (Lipinski definition) is 2. The van der Waals surface area contributed by atoms with Gasteiger partial charge in [0.05, 0.1) is 25.7 Å². The second-order valence-corrected chi connectivity index (χ2v) is 7.73. The number of thioether (sulfide) groups is 1. The number of aliphatic imine (C=N–C) groups is 1. The summed E-state index contributed by atoms with van der Waals surface area (Å²) in [6.07, 6.45) is 1.52. The van der Waals surface area contributed by atoms with Crippen LogP contribution in [0.25, 0.3) is 6.08 Å². The Labute approximate surface area is 178 Å². The van der Waals surface area contributed by atoms with E-state index in [1.165, 1.54) is 12.1 Å². The molecule has 2 N–H and O–H groups in total. The van der Waals surface area contributed by atoms with E-state index in [0.29, 0.717) is 31.5 Å². The van der Waals surface area contributed by atoms with Crippen molar-refractivity contribution in [1.82, 2.24) is 5.32 Å². The van der Waals surface area contributed by atoms with Crippen LogP contribution in [0, 0.1) is 13.7 Å². The molecule has 1 fully saturated rings. The molecule has 2 aromatic carbocycles. The minimum atomic E-state index is -0.666. The summed E-state index contributed by atoms with van der Waals surface area (Å²) in [5.74, 6) is -0.00637. The molecule has 0 aromatic heterocycles. The molecule has 28 heavy (non-hydrogen) atoms. The van der Waals surface area contributed by atoms with Crippen molar-refractivity contribution in [3.63, 3.8) is 0 Å². The van der Waals surface area contributed by atoms with Crippen LogP contribution < -0.4 is 10.1 Å². The molecular weight excluding hydrogens is 497 g/mol. The van der Waals surface area contributed by atoms with Crippen molar-refractivity contribution in [3.8, 4) is 11.5 Å². The summed E-state index contributed by atoms with van der Waals surface area (Å²) >= 11 is 2.93. The van der Waals surface area contributed by atoms with E-state index in [2.05, 4.69) is 10.3 Å². The van der Waals surface area contributed by atoms with Crippen LogP contribution in [0.4, 0.5) is 11.4 Å². The first-order chi connectivity index (χ1) is 13.4. The highest BCUT2D eigenvalue weighted by atomic mass is 127. The molecule has 0 radical (unpaired) electrons. The van der Waals surface area contributed by atoms with Gasteiger partial charge in [0.25, 0.3) is 5.91 Å². The van der Waals surface area contributed by atoms with Gasteiger partial charge in [0.15, 0.2) is 5.17 Å². The second-order valence-electron chi connectivity index (χ2n) is 5.54. The number of amides is 1. The average molecular weight is 511 g/mol. The van der Waals surface area contributed by atoms with Crippen LogP contribution in [0.3, 0.4) is 0 Å². The molecule has 2 aromatic rings. The summed E-state index contributed by atoms with van der Waals surface area (Å²) < 4.78 is 5.70. The van der Waals surface area contributed by atoms with Crippen LogP contribution in [-0.2, 0) is 4.79 Å². The summed E-state index contributed by atoms with van der Waals surface area (Å²) in [6, 6.07) is 9.92. The maximum atomic E-state index is 12.2. The first-order valence-electron chi connectivity index (χ1n) is 8.06. The third-order valence-electron chi connectivity index (χ3n) is 3.59. The summed E-state index contributed by atoms with van der Waals surface area (Å²) in [5.41, 5.74) is 0.682. The summed E-state index contributed by atoms with van der Waals surface area (Å²) in [4.78, 5) is 27.3. The van der Waals surface area contributed by atoms with Crippen LogP contribution in [0.5, 0.6) is 11.5 Å². The molecule has 144 valence electrons. The highest BCUT2D eigenvalue weighted by molar-refractivity contribution is 14.1. The predicted molar refractivity (Wildman–Crippen MR) is 116 cm³/mol. The minimum Gasteiger partial charge on any atom is -0.501 e. The number of nitrogens with one attached hydrogen (secondary N) is 1. The zero-order chi connectivity index (χ0) is 20.3.